The molecule has 0 saturated carbocycles. The Bertz CT molecular complexity index is 566. The molecule has 0 radical (unpaired) electrons. The highest BCUT2D eigenvalue weighted by Crippen LogP contribution is 2.23. The van der Waals surface area contributed by atoms with E-state index in [1.54, 1.807) is 12.1 Å². The second-order valence-corrected chi connectivity index (χ2v) is 6.56. The Morgan fingerprint density at radius 2 is 1.90 bits per heavy atom. The third-order valence-corrected chi connectivity index (χ3v) is 5.03. The second-order valence-electron chi connectivity index (χ2n) is 4.70. The minimum Gasteiger partial charge on any atom is -0.465 e. The molecule has 5 nitrogen and oxygen atoms in total. The molecule has 0 aromatic heterocycles. The summed E-state index contributed by atoms with van der Waals surface area (Å²) in [5.41, 5.74) is 0.0664. The van der Waals surface area contributed by atoms with Crippen molar-refractivity contribution in [3.8, 4) is 0 Å². The summed E-state index contributed by atoms with van der Waals surface area (Å²) in [6.45, 7) is 5.95. The molecule has 0 fully saturated rings. The van der Waals surface area contributed by atoms with Gasteiger partial charge in [-0.3, -0.25) is 0 Å². The normalized spacial score (nSPS) is 11.9. The summed E-state index contributed by atoms with van der Waals surface area (Å²) in [6, 6.07) is 5.94. The van der Waals surface area contributed by atoms with Crippen LogP contribution in [0.5, 0.6) is 0 Å². The summed E-state index contributed by atoms with van der Waals surface area (Å²) in [7, 11) is -2.48. The zero-order chi connectivity index (χ0) is 15.3. The van der Waals surface area contributed by atoms with Gasteiger partial charge < -0.3 is 4.74 Å². The average molecular weight is 299 g/mol. The van der Waals surface area contributed by atoms with Gasteiger partial charge in [-0.05, 0) is 32.4 Å². The van der Waals surface area contributed by atoms with Gasteiger partial charge in [-0.1, -0.05) is 19.1 Å². The van der Waals surface area contributed by atoms with Gasteiger partial charge in [0.2, 0.25) is 10.0 Å². The van der Waals surface area contributed by atoms with E-state index in [4.69, 9.17) is 0 Å². The Kier molecular flexibility index (Phi) is 5.71. The van der Waals surface area contributed by atoms with Crippen LogP contribution >= 0.6 is 0 Å². The first kappa shape index (κ1) is 16.7. The number of ether oxygens (including phenoxy) is 1. The first-order valence-electron chi connectivity index (χ1n) is 6.55. The predicted octanol–water partition coefficient (Wildman–Crippen LogP) is 2.28. The highest BCUT2D eigenvalue weighted by atomic mass is 32.2. The largest absolute Gasteiger partial charge is 0.465 e. The summed E-state index contributed by atoms with van der Waals surface area (Å²) in [5, 5.41) is 0. The van der Waals surface area contributed by atoms with Gasteiger partial charge in [0.15, 0.2) is 0 Å². The fraction of sp³-hybridized carbons (Fsp3) is 0.500. The molecule has 0 amide bonds. The summed E-state index contributed by atoms with van der Waals surface area (Å²) in [4.78, 5) is 11.7. The number of hydrogen-bond acceptors (Lipinski definition) is 4. The van der Waals surface area contributed by atoms with Crippen LogP contribution in [-0.4, -0.2) is 38.4 Å². The van der Waals surface area contributed by atoms with E-state index in [1.807, 2.05) is 20.8 Å². The van der Waals surface area contributed by atoms with Crippen molar-refractivity contribution in [2.24, 2.45) is 0 Å². The van der Waals surface area contributed by atoms with Crippen LogP contribution < -0.4 is 0 Å². The molecule has 0 aliphatic rings. The van der Waals surface area contributed by atoms with Crippen LogP contribution in [0.2, 0.25) is 0 Å². The van der Waals surface area contributed by atoms with Crippen molar-refractivity contribution in [3.05, 3.63) is 29.8 Å². The van der Waals surface area contributed by atoms with Gasteiger partial charge >= 0.3 is 5.97 Å². The van der Waals surface area contributed by atoms with Crippen molar-refractivity contribution in [1.29, 1.82) is 0 Å². The van der Waals surface area contributed by atoms with Crippen LogP contribution in [0, 0.1) is 0 Å². The molecule has 1 rings (SSSR count). The number of hydrogen-bond donors (Lipinski definition) is 0. The first-order chi connectivity index (χ1) is 9.36. The van der Waals surface area contributed by atoms with E-state index in [0.717, 1.165) is 0 Å². The van der Waals surface area contributed by atoms with Crippen LogP contribution in [0.4, 0.5) is 0 Å². The van der Waals surface area contributed by atoms with Gasteiger partial charge in [-0.2, -0.15) is 4.31 Å². The molecule has 0 N–H and O–H groups in total. The van der Waals surface area contributed by atoms with Crippen LogP contribution in [-0.2, 0) is 14.8 Å². The molecule has 20 heavy (non-hydrogen) atoms. The molecule has 0 aliphatic carbocycles. The van der Waals surface area contributed by atoms with Gasteiger partial charge in [0.05, 0.1) is 17.6 Å². The topological polar surface area (TPSA) is 63.7 Å². The van der Waals surface area contributed by atoms with Crippen molar-refractivity contribution in [1.82, 2.24) is 4.31 Å². The number of sulfonamides is 1. The number of methoxy groups -OCH3 is 1. The SMILES string of the molecule is CCCN(C(C)C)S(=O)(=O)c1ccccc1C(=O)OC. The molecule has 6 heteroatoms. The number of nitrogens with zero attached hydrogens (tertiary/aromatic N) is 1. The molecule has 1 aromatic carbocycles. The second kappa shape index (κ2) is 6.85. The molecule has 1 aromatic rings. The summed E-state index contributed by atoms with van der Waals surface area (Å²) < 4.78 is 31.5. The lowest BCUT2D eigenvalue weighted by Crippen LogP contribution is -2.38. The van der Waals surface area contributed by atoms with Crippen LogP contribution in [0.25, 0.3) is 0 Å². The molecule has 0 unspecified atom stereocenters. The van der Waals surface area contributed by atoms with E-state index in [2.05, 4.69) is 4.74 Å². The zero-order valence-corrected chi connectivity index (χ0v) is 13.1. The maximum atomic E-state index is 12.7. The van der Waals surface area contributed by atoms with Gasteiger partial charge in [-0.15, -0.1) is 0 Å². The Morgan fingerprint density at radius 1 is 1.30 bits per heavy atom. The van der Waals surface area contributed by atoms with Crippen molar-refractivity contribution >= 4 is 16.0 Å². The highest BCUT2D eigenvalue weighted by Gasteiger charge is 2.30. The number of esters is 1. The maximum absolute atomic E-state index is 12.7. The molecule has 0 saturated heterocycles. The van der Waals surface area contributed by atoms with Crippen LogP contribution in [0.15, 0.2) is 29.2 Å². The summed E-state index contributed by atoms with van der Waals surface area (Å²) >= 11 is 0. The quantitative estimate of drug-likeness (QED) is 0.756. The number of carbonyl (C=O) groups excluding carboxylic acids is 1. The fourth-order valence-electron chi connectivity index (χ4n) is 1.97. The maximum Gasteiger partial charge on any atom is 0.339 e. The minimum atomic E-state index is -3.72. The average Bonchev–Trinajstić information content (AvgIpc) is 2.43. The predicted molar refractivity (Wildman–Crippen MR) is 77.1 cm³/mol. The van der Waals surface area contributed by atoms with Gasteiger partial charge in [0.25, 0.3) is 0 Å². The highest BCUT2D eigenvalue weighted by molar-refractivity contribution is 7.89. The monoisotopic (exact) mass is 299 g/mol. The van der Waals surface area contributed by atoms with E-state index in [-0.39, 0.29) is 16.5 Å². The van der Waals surface area contributed by atoms with Crippen molar-refractivity contribution in [2.75, 3.05) is 13.7 Å². The molecule has 0 spiro atoms. The standard InChI is InChI=1S/C14H21NO4S/c1-5-10-15(11(2)3)20(17,18)13-9-7-6-8-12(13)14(16)19-4/h6-9,11H,5,10H2,1-4H3. The Balaban J connectivity index is 3.38. The van der Waals surface area contributed by atoms with Gasteiger partial charge in [-0.25, -0.2) is 13.2 Å². The van der Waals surface area contributed by atoms with E-state index >= 15 is 0 Å². The summed E-state index contributed by atoms with van der Waals surface area (Å²) in [6.07, 6.45) is 0.706. The minimum absolute atomic E-state index is 0.00556. The lowest BCUT2D eigenvalue weighted by molar-refractivity contribution is 0.0596. The Morgan fingerprint density at radius 3 is 2.40 bits per heavy atom. The van der Waals surface area contributed by atoms with Crippen LogP contribution in [0.1, 0.15) is 37.6 Å². The van der Waals surface area contributed by atoms with E-state index in [9.17, 15) is 13.2 Å². The van der Waals surface area contributed by atoms with E-state index in [1.165, 1.54) is 23.5 Å². The Labute approximate surface area is 120 Å². The molecular formula is C14H21NO4S. The third kappa shape index (κ3) is 3.37. The number of rotatable bonds is 6. The summed E-state index contributed by atoms with van der Waals surface area (Å²) in [5.74, 6) is -0.649. The van der Waals surface area contributed by atoms with Gasteiger partial charge in [0, 0.05) is 12.6 Å². The van der Waals surface area contributed by atoms with Crippen molar-refractivity contribution < 1.29 is 17.9 Å². The number of carbonyl (C=O) groups is 1. The molecule has 112 valence electrons. The fourth-order valence-corrected chi connectivity index (χ4v) is 3.88. The van der Waals surface area contributed by atoms with Gasteiger partial charge in [0.1, 0.15) is 0 Å². The zero-order valence-electron chi connectivity index (χ0n) is 12.3. The van der Waals surface area contributed by atoms with Crippen molar-refractivity contribution in [3.63, 3.8) is 0 Å². The molecular weight excluding hydrogens is 278 g/mol. The smallest absolute Gasteiger partial charge is 0.339 e. The third-order valence-electron chi connectivity index (χ3n) is 2.90. The lowest BCUT2D eigenvalue weighted by Gasteiger charge is -2.26. The molecule has 0 atom stereocenters. The lowest BCUT2D eigenvalue weighted by atomic mass is 10.2. The molecule has 0 heterocycles. The Hall–Kier alpha value is -1.40. The molecule has 0 bridgehead atoms. The van der Waals surface area contributed by atoms with Crippen molar-refractivity contribution in [2.45, 2.75) is 38.1 Å². The van der Waals surface area contributed by atoms with E-state index < -0.39 is 16.0 Å². The van der Waals surface area contributed by atoms with Crippen LogP contribution in [0.3, 0.4) is 0 Å². The van der Waals surface area contributed by atoms with E-state index in [0.29, 0.717) is 13.0 Å². The molecule has 0 aliphatic heterocycles. The number of benzene rings is 1. The first-order valence-corrected chi connectivity index (χ1v) is 7.99.